The summed E-state index contributed by atoms with van der Waals surface area (Å²) in [5.74, 6) is 0.749. The quantitative estimate of drug-likeness (QED) is 0.718. The summed E-state index contributed by atoms with van der Waals surface area (Å²) < 4.78 is 5.93. The number of hydrogen-bond acceptors (Lipinski definition) is 2. The Bertz CT molecular complexity index is 692. The van der Waals surface area contributed by atoms with Gasteiger partial charge in [0, 0.05) is 6.54 Å². The molecule has 0 aliphatic carbocycles. The first kappa shape index (κ1) is 19.0. The highest BCUT2D eigenvalue weighted by Gasteiger charge is 2.18. The highest BCUT2D eigenvalue weighted by atomic mass is 16.5. The van der Waals surface area contributed by atoms with Gasteiger partial charge in [-0.1, -0.05) is 54.4 Å². The van der Waals surface area contributed by atoms with Crippen LogP contribution in [0.1, 0.15) is 42.0 Å². The third-order valence-corrected chi connectivity index (χ3v) is 4.32. The van der Waals surface area contributed by atoms with Crippen LogP contribution in [0.4, 0.5) is 0 Å². The summed E-state index contributed by atoms with van der Waals surface area (Å²) in [6, 6.07) is 14.6. The molecule has 0 radical (unpaired) electrons. The topological polar surface area (TPSA) is 38.3 Å². The van der Waals surface area contributed by atoms with Crippen LogP contribution in [0.3, 0.4) is 0 Å². The Morgan fingerprint density at radius 3 is 2.36 bits per heavy atom. The fourth-order valence-corrected chi connectivity index (χ4v) is 2.78. The molecule has 0 heterocycles. The normalized spacial score (nSPS) is 11.8. The summed E-state index contributed by atoms with van der Waals surface area (Å²) in [6.45, 7) is 8.79. The molecule has 25 heavy (non-hydrogen) atoms. The lowest BCUT2D eigenvalue weighted by Gasteiger charge is -2.19. The summed E-state index contributed by atoms with van der Waals surface area (Å²) >= 11 is 0. The molecule has 2 aromatic carbocycles. The number of nitrogens with one attached hydrogen (secondary N) is 1. The Hall–Kier alpha value is -2.29. The standard InChI is InChI=1S/C22H29NO2/c1-5-20(25-21-13-10-17(3)15-18(21)4)22(24)23-14-6-7-19-11-8-16(2)9-12-19/h8-13,15,20H,5-7,14H2,1-4H3,(H,23,24)/t20-/m1/s1. The lowest BCUT2D eigenvalue weighted by molar-refractivity contribution is -0.128. The third-order valence-electron chi connectivity index (χ3n) is 4.32. The van der Waals surface area contributed by atoms with Crippen LogP contribution in [0.15, 0.2) is 42.5 Å². The summed E-state index contributed by atoms with van der Waals surface area (Å²) in [7, 11) is 0. The van der Waals surface area contributed by atoms with Crippen molar-refractivity contribution < 1.29 is 9.53 Å². The summed E-state index contributed by atoms with van der Waals surface area (Å²) in [5, 5.41) is 3.00. The molecule has 1 amide bonds. The molecule has 0 fully saturated rings. The van der Waals surface area contributed by atoms with Crippen LogP contribution >= 0.6 is 0 Å². The second-order valence-corrected chi connectivity index (χ2v) is 6.66. The molecule has 0 unspecified atom stereocenters. The fraction of sp³-hybridized carbons (Fsp3) is 0.409. The maximum atomic E-state index is 12.4. The van der Waals surface area contributed by atoms with Gasteiger partial charge >= 0.3 is 0 Å². The molecule has 0 saturated heterocycles. The first-order valence-corrected chi connectivity index (χ1v) is 9.06. The van der Waals surface area contributed by atoms with E-state index in [1.807, 2.05) is 26.0 Å². The van der Waals surface area contributed by atoms with E-state index in [1.54, 1.807) is 0 Å². The van der Waals surface area contributed by atoms with Crippen LogP contribution in [-0.4, -0.2) is 18.6 Å². The van der Waals surface area contributed by atoms with E-state index in [4.69, 9.17) is 4.74 Å². The van der Waals surface area contributed by atoms with E-state index >= 15 is 0 Å². The Morgan fingerprint density at radius 2 is 1.72 bits per heavy atom. The average Bonchev–Trinajstić information content (AvgIpc) is 2.59. The summed E-state index contributed by atoms with van der Waals surface area (Å²) in [5.41, 5.74) is 4.83. The number of ether oxygens (including phenoxy) is 1. The molecule has 0 saturated carbocycles. The molecule has 0 aliphatic rings. The molecule has 3 nitrogen and oxygen atoms in total. The van der Waals surface area contributed by atoms with Gasteiger partial charge in [-0.05, 0) is 57.2 Å². The van der Waals surface area contributed by atoms with Crippen LogP contribution in [0.5, 0.6) is 5.75 Å². The molecule has 0 spiro atoms. The van der Waals surface area contributed by atoms with E-state index in [9.17, 15) is 4.79 Å². The van der Waals surface area contributed by atoms with Gasteiger partial charge in [0.25, 0.3) is 5.91 Å². The molecule has 1 N–H and O–H groups in total. The minimum Gasteiger partial charge on any atom is -0.480 e. The number of aryl methyl sites for hydroxylation is 4. The number of hydrogen-bond donors (Lipinski definition) is 1. The van der Waals surface area contributed by atoms with Crippen molar-refractivity contribution in [3.63, 3.8) is 0 Å². The minimum atomic E-state index is -0.444. The zero-order chi connectivity index (χ0) is 18.2. The van der Waals surface area contributed by atoms with Gasteiger partial charge in [0.1, 0.15) is 5.75 Å². The van der Waals surface area contributed by atoms with Gasteiger partial charge in [0.05, 0.1) is 0 Å². The van der Waals surface area contributed by atoms with Crippen molar-refractivity contribution in [3.8, 4) is 5.75 Å². The maximum Gasteiger partial charge on any atom is 0.261 e. The van der Waals surface area contributed by atoms with Crippen LogP contribution in [0.25, 0.3) is 0 Å². The monoisotopic (exact) mass is 339 g/mol. The number of carbonyl (C=O) groups excluding carboxylic acids is 1. The largest absolute Gasteiger partial charge is 0.480 e. The predicted octanol–water partition coefficient (Wildman–Crippen LogP) is 4.52. The van der Waals surface area contributed by atoms with Crippen molar-refractivity contribution in [2.45, 2.75) is 53.1 Å². The van der Waals surface area contributed by atoms with E-state index in [0.29, 0.717) is 13.0 Å². The lowest BCUT2D eigenvalue weighted by atomic mass is 10.1. The number of amides is 1. The first-order valence-electron chi connectivity index (χ1n) is 9.06. The van der Waals surface area contributed by atoms with Crippen molar-refractivity contribution >= 4 is 5.91 Å². The van der Waals surface area contributed by atoms with Crippen molar-refractivity contribution in [1.29, 1.82) is 0 Å². The van der Waals surface area contributed by atoms with E-state index < -0.39 is 6.10 Å². The van der Waals surface area contributed by atoms with E-state index in [-0.39, 0.29) is 5.91 Å². The third kappa shape index (κ3) is 5.93. The molecule has 0 aromatic heterocycles. The predicted molar refractivity (Wildman–Crippen MR) is 103 cm³/mol. The van der Waals surface area contributed by atoms with Gasteiger partial charge in [-0.25, -0.2) is 0 Å². The van der Waals surface area contributed by atoms with E-state index in [1.165, 1.54) is 16.7 Å². The summed E-state index contributed by atoms with van der Waals surface area (Å²) in [6.07, 6.45) is 2.10. The Balaban J connectivity index is 1.80. The minimum absolute atomic E-state index is 0.0358. The van der Waals surface area contributed by atoms with Crippen LogP contribution in [0.2, 0.25) is 0 Å². The molecule has 2 rings (SSSR count). The Kier molecular flexibility index (Phi) is 7.05. The molecule has 1 atom stereocenters. The van der Waals surface area contributed by atoms with Gasteiger partial charge in [-0.3, -0.25) is 4.79 Å². The van der Waals surface area contributed by atoms with E-state index in [2.05, 4.69) is 49.5 Å². The first-order chi connectivity index (χ1) is 12.0. The van der Waals surface area contributed by atoms with Gasteiger partial charge in [-0.2, -0.15) is 0 Å². The number of rotatable bonds is 8. The molecule has 2 aromatic rings. The van der Waals surface area contributed by atoms with Crippen LogP contribution in [0, 0.1) is 20.8 Å². The zero-order valence-electron chi connectivity index (χ0n) is 15.8. The molecule has 0 bridgehead atoms. The lowest BCUT2D eigenvalue weighted by Crippen LogP contribution is -2.38. The molecular formula is C22H29NO2. The molecule has 3 heteroatoms. The van der Waals surface area contributed by atoms with Crippen molar-refractivity contribution in [2.75, 3.05) is 6.54 Å². The van der Waals surface area contributed by atoms with Gasteiger partial charge < -0.3 is 10.1 Å². The average molecular weight is 339 g/mol. The van der Waals surface area contributed by atoms with Gasteiger partial charge in [-0.15, -0.1) is 0 Å². The van der Waals surface area contributed by atoms with Crippen molar-refractivity contribution in [2.24, 2.45) is 0 Å². The van der Waals surface area contributed by atoms with Crippen LogP contribution in [-0.2, 0) is 11.2 Å². The van der Waals surface area contributed by atoms with Crippen molar-refractivity contribution in [3.05, 3.63) is 64.7 Å². The SMILES string of the molecule is CC[C@@H](Oc1ccc(C)cc1C)C(=O)NCCCc1ccc(C)cc1. The zero-order valence-corrected chi connectivity index (χ0v) is 15.8. The van der Waals surface area contributed by atoms with Gasteiger partial charge in [0.15, 0.2) is 6.10 Å². The number of benzene rings is 2. The Labute approximate surface area is 151 Å². The maximum absolute atomic E-state index is 12.4. The smallest absolute Gasteiger partial charge is 0.261 e. The molecular weight excluding hydrogens is 310 g/mol. The molecule has 0 aliphatic heterocycles. The van der Waals surface area contributed by atoms with Gasteiger partial charge in [0.2, 0.25) is 0 Å². The molecule has 134 valence electrons. The highest BCUT2D eigenvalue weighted by molar-refractivity contribution is 5.81. The summed E-state index contributed by atoms with van der Waals surface area (Å²) in [4.78, 5) is 12.4. The second-order valence-electron chi connectivity index (χ2n) is 6.66. The van der Waals surface area contributed by atoms with Crippen LogP contribution < -0.4 is 10.1 Å². The Morgan fingerprint density at radius 1 is 1.04 bits per heavy atom. The second kappa shape index (κ2) is 9.26. The van der Waals surface area contributed by atoms with E-state index in [0.717, 1.165) is 24.2 Å². The fourth-order valence-electron chi connectivity index (χ4n) is 2.78. The highest BCUT2D eigenvalue weighted by Crippen LogP contribution is 2.20. The van der Waals surface area contributed by atoms with Crippen molar-refractivity contribution in [1.82, 2.24) is 5.32 Å². The number of carbonyl (C=O) groups is 1.